The van der Waals surface area contributed by atoms with Gasteiger partial charge in [0, 0.05) is 42.6 Å². The molecule has 0 radical (unpaired) electrons. The molecule has 0 aliphatic heterocycles. The van der Waals surface area contributed by atoms with Crippen LogP contribution in [0.15, 0.2) is 30.7 Å². The molecule has 1 aliphatic rings. The quantitative estimate of drug-likeness (QED) is 0.401. The molecule has 2 N–H and O–H groups in total. The van der Waals surface area contributed by atoms with Gasteiger partial charge in [-0.3, -0.25) is 5.10 Å². The molecule has 170 valence electrons. The topological polar surface area (TPSA) is 87.6 Å². The number of halogens is 3. The summed E-state index contributed by atoms with van der Waals surface area (Å²) in [6.45, 7) is 1.89. The van der Waals surface area contributed by atoms with Crippen molar-refractivity contribution in [1.29, 1.82) is 0 Å². The van der Waals surface area contributed by atoms with Crippen LogP contribution in [0.5, 0.6) is 0 Å². The van der Waals surface area contributed by atoms with Gasteiger partial charge >= 0.3 is 0 Å². The van der Waals surface area contributed by atoms with E-state index in [0.29, 0.717) is 23.0 Å². The van der Waals surface area contributed by atoms with E-state index in [-0.39, 0.29) is 22.6 Å². The van der Waals surface area contributed by atoms with E-state index in [9.17, 15) is 8.78 Å². The van der Waals surface area contributed by atoms with E-state index < -0.39 is 11.6 Å². The molecule has 1 saturated carbocycles. The third-order valence-corrected chi connectivity index (χ3v) is 5.65. The van der Waals surface area contributed by atoms with Gasteiger partial charge in [0.15, 0.2) is 17.5 Å². The average Bonchev–Trinajstić information content (AvgIpc) is 3.36. The van der Waals surface area contributed by atoms with Crippen molar-refractivity contribution in [3.8, 4) is 11.4 Å². The average molecular weight is 471 g/mol. The molecule has 11 heteroatoms. The molecule has 5 rings (SSSR count). The lowest BCUT2D eigenvalue weighted by Gasteiger charge is -2.22. The first kappa shape index (κ1) is 21.3. The number of aromatic nitrogens is 6. The van der Waals surface area contributed by atoms with Crippen molar-refractivity contribution in [3.63, 3.8) is 0 Å². The standard InChI is InChI=1S/C22H21ClF2N8/c1-11-6-17(31-30-11)27-21-18(12-4-5-12)19(16-9-32(2)10-26-16)28-22(29-21)33(3)20-14(24)7-13(23)8-15(20)25/h6-10,12H,4-5H2,1-3H3,(H2,27,28,29,30,31). The fourth-order valence-corrected chi connectivity index (χ4v) is 3.94. The summed E-state index contributed by atoms with van der Waals surface area (Å²) in [4.78, 5) is 15.1. The van der Waals surface area contributed by atoms with Gasteiger partial charge < -0.3 is 14.8 Å². The predicted octanol–water partition coefficient (Wildman–Crippen LogP) is 5.23. The number of aromatic amines is 1. The van der Waals surface area contributed by atoms with Gasteiger partial charge in [-0.2, -0.15) is 10.1 Å². The minimum absolute atomic E-state index is 0.0300. The van der Waals surface area contributed by atoms with Crippen molar-refractivity contribution < 1.29 is 8.78 Å². The zero-order valence-corrected chi connectivity index (χ0v) is 19.0. The van der Waals surface area contributed by atoms with E-state index in [4.69, 9.17) is 16.6 Å². The number of aryl methyl sites for hydroxylation is 2. The number of hydrogen-bond acceptors (Lipinski definition) is 6. The van der Waals surface area contributed by atoms with Gasteiger partial charge in [0.1, 0.15) is 22.9 Å². The largest absolute Gasteiger partial charge is 0.340 e. The highest BCUT2D eigenvalue weighted by molar-refractivity contribution is 6.30. The van der Waals surface area contributed by atoms with Gasteiger partial charge in [0.05, 0.1) is 6.33 Å². The van der Waals surface area contributed by atoms with Gasteiger partial charge in [-0.1, -0.05) is 11.6 Å². The Balaban J connectivity index is 1.69. The van der Waals surface area contributed by atoms with E-state index in [1.54, 1.807) is 6.33 Å². The monoisotopic (exact) mass is 470 g/mol. The number of anilines is 4. The fourth-order valence-electron chi connectivity index (χ4n) is 3.75. The predicted molar refractivity (Wildman–Crippen MR) is 122 cm³/mol. The Morgan fingerprint density at radius 3 is 2.48 bits per heavy atom. The summed E-state index contributed by atoms with van der Waals surface area (Å²) in [6.07, 6.45) is 5.52. The van der Waals surface area contributed by atoms with E-state index in [1.165, 1.54) is 11.9 Å². The van der Waals surface area contributed by atoms with Crippen LogP contribution in [0, 0.1) is 18.6 Å². The summed E-state index contributed by atoms with van der Waals surface area (Å²) in [6, 6.07) is 3.96. The van der Waals surface area contributed by atoms with E-state index in [0.717, 1.165) is 36.2 Å². The summed E-state index contributed by atoms with van der Waals surface area (Å²) in [7, 11) is 3.37. The maximum Gasteiger partial charge on any atom is 0.232 e. The molecular formula is C22H21ClF2N8. The van der Waals surface area contributed by atoms with Gasteiger partial charge in [0.2, 0.25) is 5.95 Å². The highest BCUT2D eigenvalue weighted by atomic mass is 35.5. The molecular weight excluding hydrogens is 450 g/mol. The molecule has 8 nitrogen and oxygen atoms in total. The second-order valence-electron chi connectivity index (χ2n) is 8.17. The summed E-state index contributed by atoms with van der Waals surface area (Å²) in [5.41, 5.74) is 2.75. The molecule has 0 unspecified atom stereocenters. The van der Waals surface area contributed by atoms with Crippen LogP contribution in [0.25, 0.3) is 11.4 Å². The number of nitrogens with one attached hydrogen (secondary N) is 2. The Bertz CT molecular complexity index is 1320. The van der Waals surface area contributed by atoms with Crippen molar-refractivity contribution in [3.05, 3.63) is 58.6 Å². The van der Waals surface area contributed by atoms with Crippen molar-refractivity contribution in [2.24, 2.45) is 7.05 Å². The molecule has 1 aliphatic carbocycles. The fraction of sp³-hybridized carbons (Fsp3) is 0.273. The zero-order valence-electron chi connectivity index (χ0n) is 18.2. The molecule has 1 fully saturated rings. The second kappa shape index (κ2) is 8.11. The molecule has 0 atom stereocenters. The van der Waals surface area contributed by atoms with E-state index in [2.05, 4.69) is 25.5 Å². The van der Waals surface area contributed by atoms with Crippen LogP contribution in [0.3, 0.4) is 0 Å². The summed E-state index contributed by atoms with van der Waals surface area (Å²) >= 11 is 5.80. The maximum atomic E-state index is 14.7. The molecule has 1 aromatic carbocycles. The van der Waals surface area contributed by atoms with Crippen LogP contribution in [0.2, 0.25) is 5.02 Å². The molecule has 33 heavy (non-hydrogen) atoms. The number of imidazole rings is 1. The minimum atomic E-state index is -0.811. The van der Waals surface area contributed by atoms with E-state index >= 15 is 0 Å². The number of rotatable bonds is 6. The third-order valence-electron chi connectivity index (χ3n) is 5.44. The number of hydrogen-bond donors (Lipinski definition) is 2. The maximum absolute atomic E-state index is 14.7. The van der Waals surface area contributed by atoms with Gasteiger partial charge in [-0.05, 0) is 37.8 Å². The van der Waals surface area contributed by atoms with Gasteiger partial charge in [-0.25, -0.2) is 18.7 Å². The van der Waals surface area contributed by atoms with Crippen LogP contribution < -0.4 is 10.2 Å². The van der Waals surface area contributed by atoms with Crippen molar-refractivity contribution in [2.75, 3.05) is 17.3 Å². The summed E-state index contributed by atoms with van der Waals surface area (Å²) in [5.74, 6) is -0.153. The van der Waals surface area contributed by atoms with Crippen molar-refractivity contribution in [1.82, 2.24) is 29.7 Å². The number of H-pyrrole nitrogens is 1. The van der Waals surface area contributed by atoms with Gasteiger partial charge in [0.25, 0.3) is 0 Å². The third kappa shape index (κ3) is 4.13. The summed E-state index contributed by atoms with van der Waals surface area (Å²) < 4.78 is 31.2. The Hall–Kier alpha value is -3.53. The molecule has 0 bridgehead atoms. The van der Waals surface area contributed by atoms with Crippen LogP contribution >= 0.6 is 11.6 Å². The molecule has 3 heterocycles. The summed E-state index contributed by atoms with van der Waals surface area (Å²) in [5, 5.41) is 10.4. The lowest BCUT2D eigenvalue weighted by Crippen LogP contribution is -2.18. The number of nitrogens with zero attached hydrogens (tertiary/aromatic N) is 6. The Morgan fingerprint density at radius 1 is 1.18 bits per heavy atom. The Kier molecular flexibility index (Phi) is 5.24. The second-order valence-corrected chi connectivity index (χ2v) is 8.61. The normalized spacial score (nSPS) is 13.4. The first-order valence-electron chi connectivity index (χ1n) is 10.4. The Labute approximate surface area is 193 Å². The minimum Gasteiger partial charge on any atom is -0.340 e. The molecule has 0 amide bonds. The lowest BCUT2D eigenvalue weighted by molar-refractivity contribution is 0.583. The van der Waals surface area contributed by atoms with Crippen molar-refractivity contribution >= 4 is 34.9 Å². The van der Waals surface area contributed by atoms with Crippen LogP contribution in [-0.4, -0.2) is 36.8 Å². The molecule has 0 saturated heterocycles. The van der Waals surface area contributed by atoms with E-state index in [1.807, 2.05) is 30.8 Å². The smallest absolute Gasteiger partial charge is 0.232 e. The Morgan fingerprint density at radius 2 is 1.91 bits per heavy atom. The molecule has 0 spiro atoms. The van der Waals surface area contributed by atoms with Crippen molar-refractivity contribution in [2.45, 2.75) is 25.7 Å². The van der Waals surface area contributed by atoms with Crippen LogP contribution in [-0.2, 0) is 7.05 Å². The van der Waals surface area contributed by atoms with Crippen LogP contribution in [0.4, 0.5) is 32.1 Å². The lowest BCUT2D eigenvalue weighted by atomic mass is 10.1. The van der Waals surface area contributed by atoms with Gasteiger partial charge in [-0.15, -0.1) is 0 Å². The first-order chi connectivity index (χ1) is 15.8. The molecule has 4 aromatic rings. The van der Waals surface area contributed by atoms with Crippen LogP contribution in [0.1, 0.15) is 30.0 Å². The first-order valence-corrected chi connectivity index (χ1v) is 10.8. The number of benzene rings is 1. The molecule has 3 aromatic heterocycles. The zero-order chi connectivity index (χ0) is 23.3. The SMILES string of the molecule is Cc1cc(Nc2nc(N(C)c3c(F)cc(Cl)cc3F)nc(-c3cn(C)cn3)c2C2CC2)n[nH]1. The highest BCUT2D eigenvalue weighted by Gasteiger charge is 2.33. The highest BCUT2D eigenvalue weighted by Crippen LogP contribution is 2.48.